The lowest BCUT2D eigenvalue weighted by molar-refractivity contribution is -0.116. The number of para-hydroxylation sites is 1. The molecule has 0 atom stereocenters. The quantitative estimate of drug-likeness (QED) is 0.682. The third-order valence-corrected chi connectivity index (χ3v) is 3.41. The van der Waals surface area contributed by atoms with Crippen LogP contribution in [-0.4, -0.2) is 37.5 Å². The second-order valence-electron chi connectivity index (χ2n) is 4.87. The van der Waals surface area contributed by atoms with E-state index >= 15 is 0 Å². The highest BCUT2D eigenvalue weighted by atomic mass is 16.1. The lowest BCUT2D eigenvalue weighted by atomic mass is 10.1. The maximum absolute atomic E-state index is 11.9. The Bertz CT molecular complexity index is 402. The molecule has 1 amide bonds. The number of nitrogens with zero attached hydrogens (tertiary/aromatic N) is 1. The maximum Gasteiger partial charge on any atom is 0.224 e. The third-order valence-electron chi connectivity index (χ3n) is 3.41. The maximum atomic E-state index is 11.9. The fourth-order valence-corrected chi connectivity index (χ4v) is 2.11. The van der Waals surface area contributed by atoms with E-state index in [0.717, 1.165) is 38.3 Å². The first kappa shape index (κ1) is 16.7. The number of nitrogens with one attached hydrogen (secondary N) is 2. The Balaban J connectivity index is 2.62. The molecule has 0 aliphatic heterocycles. The Morgan fingerprint density at radius 1 is 1.20 bits per heavy atom. The average molecular weight is 277 g/mol. The first-order valence-electron chi connectivity index (χ1n) is 7.46. The van der Waals surface area contributed by atoms with E-state index in [1.165, 1.54) is 5.56 Å². The van der Waals surface area contributed by atoms with Gasteiger partial charge in [-0.05, 0) is 44.7 Å². The van der Waals surface area contributed by atoms with Crippen molar-refractivity contribution in [3.05, 3.63) is 29.8 Å². The van der Waals surface area contributed by atoms with Crippen LogP contribution >= 0.6 is 0 Å². The van der Waals surface area contributed by atoms with E-state index in [-0.39, 0.29) is 5.91 Å². The van der Waals surface area contributed by atoms with Gasteiger partial charge in [0.2, 0.25) is 5.91 Å². The smallest absolute Gasteiger partial charge is 0.224 e. The van der Waals surface area contributed by atoms with Crippen molar-refractivity contribution in [3.8, 4) is 0 Å². The molecule has 0 unspecified atom stereocenters. The minimum Gasteiger partial charge on any atom is -0.326 e. The molecule has 2 N–H and O–H groups in total. The number of carbonyl (C=O) groups is 1. The molecule has 0 saturated heterocycles. The summed E-state index contributed by atoms with van der Waals surface area (Å²) in [7, 11) is 1.90. The van der Waals surface area contributed by atoms with Crippen LogP contribution in [0.2, 0.25) is 0 Å². The zero-order valence-electron chi connectivity index (χ0n) is 12.9. The molecule has 1 rings (SSSR count). The summed E-state index contributed by atoms with van der Waals surface area (Å²) in [6, 6.07) is 8.06. The molecule has 0 aliphatic carbocycles. The van der Waals surface area contributed by atoms with Crippen LogP contribution in [-0.2, 0) is 11.3 Å². The molecule has 0 bridgehead atoms. The standard InChI is InChI=1S/C16H27N3O/c1-4-19(5-2)13-14-9-6-7-10-15(14)18-16(20)11-8-12-17-3/h6-7,9-10,17H,4-5,8,11-13H2,1-3H3,(H,18,20). The average Bonchev–Trinajstić information content (AvgIpc) is 2.46. The van der Waals surface area contributed by atoms with E-state index in [9.17, 15) is 4.79 Å². The summed E-state index contributed by atoms with van der Waals surface area (Å²) in [5.41, 5.74) is 2.12. The molecule has 1 aromatic rings. The molecular formula is C16H27N3O. The Morgan fingerprint density at radius 2 is 1.90 bits per heavy atom. The van der Waals surface area contributed by atoms with Crippen molar-refractivity contribution in [2.75, 3.05) is 32.0 Å². The molecule has 0 heterocycles. The van der Waals surface area contributed by atoms with Crippen molar-refractivity contribution in [1.82, 2.24) is 10.2 Å². The van der Waals surface area contributed by atoms with Crippen LogP contribution in [0.5, 0.6) is 0 Å². The lowest BCUT2D eigenvalue weighted by Crippen LogP contribution is -2.23. The number of amides is 1. The van der Waals surface area contributed by atoms with Crippen molar-refractivity contribution in [2.24, 2.45) is 0 Å². The molecule has 0 saturated carbocycles. The number of anilines is 1. The highest BCUT2D eigenvalue weighted by molar-refractivity contribution is 5.91. The number of rotatable bonds is 9. The van der Waals surface area contributed by atoms with Gasteiger partial charge in [0.1, 0.15) is 0 Å². The molecular weight excluding hydrogens is 250 g/mol. The van der Waals surface area contributed by atoms with Crippen molar-refractivity contribution < 1.29 is 4.79 Å². The van der Waals surface area contributed by atoms with E-state index in [1.807, 2.05) is 25.2 Å². The molecule has 0 aliphatic rings. The van der Waals surface area contributed by atoms with Crippen LogP contribution in [0.4, 0.5) is 5.69 Å². The highest BCUT2D eigenvalue weighted by Crippen LogP contribution is 2.17. The van der Waals surface area contributed by atoms with Gasteiger partial charge in [-0.2, -0.15) is 0 Å². The van der Waals surface area contributed by atoms with Gasteiger partial charge in [-0.1, -0.05) is 32.0 Å². The van der Waals surface area contributed by atoms with Crippen LogP contribution in [0.1, 0.15) is 32.3 Å². The third kappa shape index (κ3) is 5.72. The van der Waals surface area contributed by atoms with Crippen LogP contribution in [0.3, 0.4) is 0 Å². The summed E-state index contributed by atoms with van der Waals surface area (Å²) in [6.07, 6.45) is 1.42. The molecule has 0 radical (unpaired) electrons. The van der Waals surface area contributed by atoms with E-state index in [2.05, 4.69) is 35.4 Å². The summed E-state index contributed by atoms with van der Waals surface area (Å²) in [5.74, 6) is 0.0900. The predicted molar refractivity (Wildman–Crippen MR) is 84.9 cm³/mol. The summed E-state index contributed by atoms with van der Waals surface area (Å²) >= 11 is 0. The fourth-order valence-electron chi connectivity index (χ4n) is 2.11. The zero-order chi connectivity index (χ0) is 14.8. The first-order chi connectivity index (χ1) is 9.71. The SMILES string of the molecule is CCN(CC)Cc1ccccc1NC(=O)CCCNC. The lowest BCUT2D eigenvalue weighted by Gasteiger charge is -2.20. The van der Waals surface area contributed by atoms with Gasteiger partial charge in [-0.25, -0.2) is 0 Å². The molecule has 1 aromatic carbocycles. The van der Waals surface area contributed by atoms with E-state index < -0.39 is 0 Å². The Morgan fingerprint density at radius 3 is 2.55 bits per heavy atom. The Kier molecular flexibility index (Phi) is 7.92. The van der Waals surface area contributed by atoms with Crippen LogP contribution in [0.15, 0.2) is 24.3 Å². The molecule has 4 heteroatoms. The number of hydrogen-bond donors (Lipinski definition) is 2. The topological polar surface area (TPSA) is 44.4 Å². The summed E-state index contributed by atoms with van der Waals surface area (Å²) in [6.45, 7) is 8.08. The van der Waals surface area contributed by atoms with Crippen molar-refractivity contribution in [2.45, 2.75) is 33.2 Å². The van der Waals surface area contributed by atoms with Gasteiger partial charge in [0, 0.05) is 18.7 Å². The van der Waals surface area contributed by atoms with Gasteiger partial charge in [0.25, 0.3) is 0 Å². The number of benzene rings is 1. The van der Waals surface area contributed by atoms with Gasteiger partial charge in [0.05, 0.1) is 0 Å². The van der Waals surface area contributed by atoms with E-state index in [1.54, 1.807) is 0 Å². The zero-order valence-corrected chi connectivity index (χ0v) is 12.9. The Labute approximate surface area is 122 Å². The molecule has 112 valence electrons. The fraction of sp³-hybridized carbons (Fsp3) is 0.562. The van der Waals surface area contributed by atoms with Crippen LogP contribution in [0, 0.1) is 0 Å². The normalized spacial score (nSPS) is 10.8. The van der Waals surface area contributed by atoms with Gasteiger partial charge < -0.3 is 10.6 Å². The molecule has 0 fully saturated rings. The minimum atomic E-state index is 0.0900. The number of carbonyl (C=O) groups excluding carboxylic acids is 1. The second-order valence-corrected chi connectivity index (χ2v) is 4.87. The molecule has 0 spiro atoms. The van der Waals surface area contributed by atoms with Gasteiger partial charge in [0.15, 0.2) is 0 Å². The summed E-state index contributed by atoms with van der Waals surface area (Å²) < 4.78 is 0. The minimum absolute atomic E-state index is 0.0900. The molecule has 0 aromatic heterocycles. The van der Waals surface area contributed by atoms with Crippen molar-refractivity contribution in [1.29, 1.82) is 0 Å². The van der Waals surface area contributed by atoms with E-state index in [0.29, 0.717) is 6.42 Å². The van der Waals surface area contributed by atoms with Gasteiger partial charge in [-0.15, -0.1) is 0 Å². The largest absolute Gasteiger partial charge is 0.326 e. The van der Waals surface area contributed by atoms with Crippen molar-refractivity contribution in [3.63, 3.8) is 0 Å². The van der Waals surface area contributed by atoms with Crippen LogP contribution in [0.25, 0.3) is 0 Å². The van der Waals surface area contributed by atoms with Gasteiger partial charge >= 0.3 is 0 Å². The predicted octanol–water partition coefficient (Wildman–Crippen LogP) is 2.47. The second kappa shape index (κ2) is 9.50. The monoisotopic (exact) mass is 277 g/mol. The summed E-state index contributed by atoms with van der Waals surface area (Å²) in [5, 5.41) is 6.08. The van der Waals surface area contributed by atoms with Crippen LogP contribution < -0.4 is 10.6 Å². The first-order valence-corrected chi connectivity index (χ1v) is 7.46. The van der Waals surface area contributed by atoms with E-state index in [4.69, 9.17) is 0 Å². The molecule has 4 nitrogen and oxygen atoms in total. The number of hydrogen-bond acceptors (Lipinski definition) is 3. The van der Waals surface area contributed by atoms with Crippen molar-refractivity contribution >= 4 is 11.6 Å². The highest BCUT2D eigenvalue weighted by Gasteiger charge is 2.08. The Hall–Kier alpha value is -1.39. The molecule has 20 heavy (non-hydrogen) atoms. The van der Waals surface area contributed by atoms with Gasteiger partial charge in [-0.3, -0.25) is 9.69 Å². The summed E-state index contributed by atoms with van der Waals surface area (Å²) in [4.78, 5) is 14.3.